The fraction of sp³-hybridized carbons (Fsp3) is 0.571. The van der Waals surface area contributed by atoms with Gasteiger partial charge in [0.25, 0.3) is 0 Å². The van der Waals surface area contributed by atoms with E-state index in [0.717, 1.165) is 11.7 Å². The van der Waals surface area contributed by atoms with Gasteiger partial charge >= 0.3 is 0 Å². The Kier molecular flexibility index (Phi) is 1.86. The van der Waals surface area contributed by atoms with Crippen LogP contribution in [0.4, 0.5) is 0 Å². The minimum atomic E-state index is 0.0233. The second kappa shape index (κ2) is 3.01. The first-order valence-corrected chi connectivity index (χ1v) is 5.96. The van der Waals surface area contributed by atoms with Gasteiger partial charge in [-0.25, -0.2) is 0 Å². The van der Waals surface area contributed by atoms with Gasteiger partial charge in [0.05, 0.1) is 0 Å². The van der Waals surface area contributed by atoms with Crippen LogP contribution < -0.4 is 4.74 Å². The molecule has 1 saturated carbocycles. The molecule has 80 valence electrons. The van der Waals surface area contributed by atoms with Gasteiger partial charge in [-0.05, 0) is 44.2 Å². The SMILES string of the molecule is CC1(C)Oc2ccccc2[C@@H]2CCC[C@H]21. The number of hydrogen-bond donors (Lipinski definition) is 0. The number of ether oxygens (including phenoxy) is 1. The smallest absolute Gasteiger partial charge is 0.123 e. The number of fused-ring (bicyclic) bond motifs is 3. The van der Waals surface area contributed by atoms with Crippen molar-refractivity contribution >= 4 is 0 Å². The van der Waals surface area contributed by atoms with Crippen molar-refractivity contribution < 1.29 is 4.74 Å². The van der Waals surface area contributed by atoms with Crippen LogP contribution in [0.2, 0.25) is 0 Å². The van der Waals surface area contributed by atoms with Gasteiger partial charge in [-0.1, -0.05) is 24.6 Å². The Hall–Kier alpha value is -0.980. The average molecular weight is 202 g/mol. The summed E-state index contributed by atoms with van der Waals surface area (Å²) < 4.78 is 6.13. The van der Waals surface area contributed by atoms with E-state index in [2.05, 4.69) is 38.1 Å². The molecule has 0 N–H and O–H groups in total. The molecule has 1 aromatic carbocycles. The molecular weight excluding hydrogens is 184 g/mol. The summed E-state index contributed by atoms with van der Waals surface area (Å²) in [6.07, 6.45) is 4.02. The van der Waals surface area contributed by atoms with Gasteiger partial charge in [0.1, 0.15) is 11.4 Å². The lowest BCUT2D eigenvalue weighted by atomic mass is 9.76. The van der Waals surface area contributed by atoms with Crippen molar-refractivity contribution in [3.8, 4) is 5.75 Å². The molecule has 1 aliphatic heterocycles. The highest BCUT2D eigenvalue weighted by atomic mass is 16.5. The van der Waals surface area contributed by atoms with Crippen molar-refractivity contribution in [3.63, 3.8) is 0 Å². The van der Waals surface area contributed by atoms with Crippen LogP contribution in [-0.2, 0) is 0 Å². The topological polar surface area (TPSA) is 9.23 Å². The predicted molar refractivity (Wildman–Crippen MR) is 61.2 cm³/mol. The first-order valence-electron chi connectivity index (χ1n) is 5.96. The van der Waals surface area contributed by atoms with Crippen LogP contribution in [0.5, 0.6) is 5.75 Å². The Morgan fingerprint density at radius 2 is 2.00 bits per heavy atom. The highest BCUT2D eigenvalue weighted by Crippen LogP contribution is 2.52. The molecule has 1 fully saturated rings. The van der Waals surface area contributed by atoms with Gasteiger partial charge in [0, 0.05) is 5.92 Å². The second-order valence-electron chi connectivity index (χ2n) is 5.39. The van der Waals surface area contributed by atoms with Crippen LogP contribution in [0.25, 0.3) is 0 Å². The van der Waals surface area contributed by atoms with Gasteiger partial charge in [-0.15, -0.1) is 0 Å². The van der Waals surface area contributed by atoms with Crippen molar-refractivity contribution in [1.29, 1.82) is 0 Å². The lowest BCUT2D eigenvalue weighted by Gasteiger charge is -2.42. The third-order valence-corrected chi connectivity index (χ3v) is 4.10. The summed E-state index contributed by atoms with van der Waals surface area (Å²) in [7, 11) is 0. The van der Waals surface area contributed by atoms with E-state index in [0.29, 0.717) is 5.92 Å². The summed E-state index contributed by atoms with van der Waals surface area (Å²) in [6, 6.07) is 8.57. The van der Waals surface area contributed by atoms with Crippen molar-refractivity contribution in [2.45, 2.75) is 44.6 Å². The molecule has 1 aromatic rings. The lowest BCUT2D eigenvalue weighted by Crippen LogP contribution is -2.42. The van der Waals surface area contributed by atoms with Crippen LogP contribution in [0.1, 0.15) is 44.6 Å². The predicted octanol–water partition coefficient (Wildman–Crippen LogP) is 3.74. The number of rotatable bonds is 0. The quantitative estimate of drug-likeness (QED) is 0.622. The molecule has 3 rings (SSSR count). The van der Waals surface area contributed by atoms with Crippen molar-refractivity contribution in [1.82, 2.24) is 0 Å². The maximum Gasteiger partial charge on any atom is 0.123 e. The summed E-state index contributed by atoms with van der Waals surface area (Å²) in [5.74, 6) is 2.57. The molecule has 0 amide bonds. The number of hydrogen-bond acceptors (Lipinski definition) is 1. The molecule has 0 aromatic heterocycles. The largest absolute Gasteiger partial charge is 0.487 e. The van der Waals surface area contributed by atoms with Crippen LogP contribution in [-0.4, -0.2) is 5.60 Å². The Morgan fingerprint density at radius 3 is 2.87 bits per heavy atom. The molecule has 1 aliphatic carbocycles. The molecule has 0 spiro atoms. The standard InChI is InChI=1S/C14H18O/c1-14(2)12-8-5-7-10(12)11-6-3-4-9-13(11)15-14/h3-4,6,9-10,12H,5,7-8H2,1-2H3/t10-,12+/m0/s1. The normalized spacial score (nSPS) is 31.6. The third kappa shape index (κ3) is 1.29. The van der Waals surface area contributed by atoms with Crippen molar-refractivity contribution in [2.24, 2.45) is 5.92 Å². The Balaban J connectivity index is 2.11. The first-order chi connectivity index (χ1) is 7.18. The third-order valence-electron chi connectivity index (χ3n) is 4.10. The zero-order valence-corrected chi connectivity index (χ0v) is 9.49. The average Bonchev–Trinajstić information content (AvgIpc) is 2.66. The summed E-state index contributed by atoms with van der Waals surface area (Å²) in [4.78, 5) is 0. The van der Waals surface area contributed by atoms with E-state index >= 15 is 0 Å². The van der Waals surface area contributed by atoms with Gasteiger partial charge in [-0.3, -0.25) is 0 Å². The molecule has 2 atom stereocenters. The summed E-state index contributed by atoms with van der Waals surface area (Å²) in [6.45, 7) is 4.48. The lowest BCUT2D eigenvalue weighted by molar-refractivity contribution is 0.0202. The molecule has 1 nitrogen and oxygen atoms in total. The maximum absolute atomic E-state index is 6.13. The molecule has 0 bridgehead atoms. The van der Waals surface area contributed by atoms with Crippen molar-refractivity contribution in [2.75, 3.05) is 0 Å². The minimum Gasteiger partial charge on any atom is -0.487 e. The highest BCUT2D eigenvalue weighted by molar-refractivity contribution is 5.40. The fourth-order valence-electron chi connectivity index (χ4n) is 3.40. The van der Waals surface area contributed by atoms with E-state index in [1.54, 1.807) is 0 Å². The summed E-state index contributed by atoms with van der Waals surface area (Å²) in [5, 5.41) is 0. The van der Waals surface area contributed by atoms with Gasteiger partial charge in [0.15, 0.2) is 0 Å². The molecule has 0 unspecified atom stereocenters. The van der Waals surface area contributed by atoms with Crippen molar-refractivity contribution in [3.05, 3.63) is 29.8 Å². The zero-order valence-electron chi connectivity index (χ0n) is 9.49. The molecular formula is C14H18O. The van der Waals surface area contributed by atoms with Crippen LogP contribution in [0, 0.1) is 5.92 Å². The van der Waals surface area contributed by atoms with E-state index in [1.807, 2.05) is 0 Å². The van der Waals surface area contributed by atoms with E-state index in [1.165, 1.54) is 24.8 Å². The Bertz CT molecular complexity index is 381. The van der Waals surface area contributed by atoms with Gasteiger partial charge in [0.2, 0.25) is 0 Å². The van der Waals surface area contributed by atoms with Gasteiger partial charge < -0.3 is 4.74 Å². The highest BCUT2D eigenvalue weighted by Gasteiger charge is 2.45. The molecule has 1 heterocycles. The molecule has 0 radical (unpaired) electrons. The maximum atomic E-state index is 6.13. The van der Waals surface area contributed by atoms with E-state index < -0.39 is 0 Å². The molecule has 0 saturated heterocycles. The van der Waals surface area contributed by atoms with E-state index in [-0.39, 0.29) is 5.60 Å². The summed E-state index contributed by atoms with van der Waals surface area (Å²) in [5.41, 5.74) is 1.47. The zero-order chi connectivity index (χ0) is 10.5. The Morgan fingerprint density at radius 1 is 1.20 bits per heavy atom. The monoisotopic (exact) mass is 202 g/mol. The van der Waals surface area contributed by atoms with Crippen LogP contribution >= 0.6 is 0 Å². The second-order valence-corrected chi connectivity index (χ2v) is 5.39. The van der Waals surface area contributed by atoms with Crippen LogP contribution in [0.3, 0.4) is 0 Å². The summed E-state index contributed by atoms with van der Waals surface area (Å²) >= 11 is 0. The van der Waals surface area contributed by atoms with E-state index in [4.69, 9.17) is 4.74 Å². The van der Waals surface area contributed by atoms with Crippen LogP contribution in [0.15, 0.2) is 24.3 Å². The van der Waals surface area contributed by atoms with E-state index in [9.17, 15) is 0 Å². The fourth-order valence-corrected chi connectivity index (χ4v) is 3.40. The number of para-hydroxylation sites is 1. The molecule has 1 heteroatoms. The Labute approximate surface area is 91.5 Å². The minimum absolute atomic E-state index is 0.0233. The number of benzene rings is 1. The molecule has 15 heavy (non-hydrogen) atoms. The molecule has 2 aliphatic rings. The first kappa shape index (κ1) is 9.26. The van der Waals surface area contributed by atoms with Gasteiger partial charge in [-0.2, -0.15) is 0 Å².